The molecule has 96 valence electrons. The van der Waals surface area contributed by atoms with E-state index in [4.69, 9.17) is 9.47 Å². The molecule has 1 aliphatic rings. The zero-order valence-corrected chi connectivity index (χ0v) is 11.3. The summed E-state index contributed by atoms with van der Waals surface area (Å²) in [5.74, 6) is 0.952. The summed E-state index contributed by atoms with van der Waals surface area (Å²) in [6.07, 6.45) is 0. The summed E-state index contributed by atoms with van der Waals surface area (Å²) in [5, 5.41) is 0. The highest BCUT2D eigenvalue weighted by molar-refractivity contribution is 6.13. The largest absolute Gasteiger partial charge is 0.483 e. The van der Waals surface area contributed by atoms with E-state index in [0.717, 1.165) is 0 Å². The molecular formula is C12H20N2O3. The van der Waals surface area contributed by atoms with Crippen LogP contribution >= 0.6 is 0 Å². The third-order valence-corrected chi connectivity index (χ3v) is 2.98. The van der Waals surface area contributed by atoms with Crippen molar-refractivity contribution in [3.8, 4) is 0 Å². The molecule has 0 fully saturated rings. The molecule has 0 aromatic carbocycles. The minimum atomic E-state index is -1.06. The van der Waals surface area contributed by atoms with Crippen LogP contribution in [0.1, 0.15) is 27.7 Å². The summed E-state index contributed by atoms with van der Waals surface area (Å²) in [6.45, 7) is 7.20. The first-order chi connectivity index (χ1) is 7.86. The monoisotopic (exact) mass is 240 g/mol. The Hall–Kier alpha value is -1.39. The maximum Gasteiger partial charge on any atom is 0.220 e. The van der Waals surface area contributed by atoms with Crippen LogP contribution in [0.5, 0.6) is 0 Å². The second kappa shape index (κ2) is 4.85. The van der Waals surface area contributed by atoms with E-state index in [2.05, 4.69) is 9.98 Å². The Morgan fingerprint density at radius 3 is 2.29 bits per heavy atom. The summed E-state index contributed by atoms with van der Waals surface area (Å²) in [6, 6.07) is -0.192. The van der Waals surface area contributed by atoms with Gasteiger partial charge in [0.05, 0.1) is 14.2 Å². The van der Waals surface area contributed by atoms with E-state index >= 15 is 0 Å². The summed E-state index contributed by atoms with van der Waals surface area (Å²) in [4.78, 5) is 20.5. The van der Waals surface area contributed by atoms with Crippen molar-refractivity contribution < 1.29 is 14.3 Å². The van der Waals surface area contributed by atoms with Crippen molar-refractivity contribution in [1.29, 1.82) is 0 Å². The molecule has 5 heteroatoms. The molecule has 0 N–H and O–H groups in total. The molecular weight excluding hydrogens is 220 g/mol. The van der Waals surface area contributed by atoms with Gasteiger partial charge in [-0.15, -0.1) is 0 Å². The van der Waals surface area contributed by atoms with Gasteiger partial charge in [0.2, 0.25) is 11.8 Å². The van der Waals surface area contributed by atoms with Gasteiger partial charge in [-0.25, -0.2) is 9.98 Å². The fourth-order valence-electron chi connectivity index (χ4n) is 1.72. The van der Waals surface area contributed by atoms with Crippen LogP contribution < -0.4 is 0 Å². The molecule has 17 heavy (non-hydrogen) atoms. The predicted octanol–water partition coefficient (Wildman–Crippen LogP) is 1.46. The van der Waals surface area contributed by atoms with E-state index in [9.17, 15) is 4.79 Å². The zero-order chi connectivity index (χ0) is 13.2. The quantitative estimate of drug-likeness (QED) is 0.734. The highest BCUT2D eigenvalue weighted by atomic mass is 16.5. The average molecular weight is 240 g/mol. The summed E-state index contributed by atoms with van der Waals surface area (Å²) < 4.78 is 10.4. The molecule has 0 aromatic heterocycles. The van der Waals surface area contributed by atoms with Gasteiger partial charge in [-0.05, 0) is 19.8 Å². The van der Waals surface area contributed by atoms with E-state index in [1.807, 2.05) is 13.8 Å². The number of rotatable bonds is 2. The predicted molar refractivity (Wildman–Crippen MR) is 66.6 cm³/mol. The molecule has 5 nitrogen and oxygen atoms in total. The van der Waals surface area contributed by atoms with Gasteiger partial charge in [-0.2, -0.15) is 0 Å². The van der Waals surface area contributed by atoms with E-state index in [1.54, 1.807) is 14.0 Å². The highest BCUT2D eigenvalue weighted by Gasteiger charge is 2.43. The first-order valence-corrected chi connectivity index (χ1v) is 5.63. The van der Waals surface area contributed by atoms with Gasteiger partial charge in [0.1, 0.15) is 6.04 Å². The third kappa shape index (κ3) is 2.33. The molecule has 0 radical (unpaired) electrons. The Bertz CT molecular complexity index is 374. The van der Waals surface area contributed by atoms with E-state index in [-0.39, 0.29) is 17.7 Å². The Morgan fingerprint density at radius 1 is 1.35 bits per heavy atom. The van der Waals surface area contributed by atoms with E-state index in [0.29, 0.717) is 11.8 Å². The van der Waals surface area contributed by atoms with Crippen LogP contribution in [0.15, 0.2) is 9.98 Å². The summed E-state index contributed by atoms with van der Waals surface area (Å²) >= 11 is 0. The number of Topliss-reactive ketones (excluding diaryl/α,β-unsaturated/α-hetero) is 1. The molecule has 1 aliphatic heterocycles. The zero-order valence-electron chi connectivity index (χ0n) is 11.3. The van der Waals surface area contributed by atoms with E-state index in [1.165, 1.54) is 14.0 Å². The molecule has 0 saturated carbocycles. The SMILES string of the molecule is COC1=N[C@@](C)(C(C)=O)C(OC)=N[C@@H]1C(C)C. The number of ketones is 1. The fraction of sp³-hybridized carbons (Fsp3) is 0.750. The number of carbonyl (C=O) groups excluding carboxylic acids is 1. The molecule has 0 amide bonds. The highest BCUT2D eigenvalue weighted by Crippen LogP contribution is 2.25. The number of carbonyl (C=O) groups is 1. The van der Waals surface area contributed by atoms with E-state index < -0.39 is 5.54 Å². The Kier molecular flexibility index (Phi) is 3.91. The van der Waals surface area contributed by atoms with Crippen molar-refractivity contribution in [2.75, 3.05) is 14.2 Å². The lowest BCUT2D eigenvalue weighted by Crippen LogP contribution is -2.48. The number of hydrogen-bond acceptors (Lipinski definition) is 5. The van der Waals surface area contributed by atoms with Crippen molar-refractivity contribution in [2.24, 2.45) is 15.9 Å². The fourth-order valence-corrected chi connectivity index (χ4v) is 1.72. The molecule has 1 rings (SSSR count). The normalized spacial score (nSPS) is 28.5. The van der Waals surface area contributed by atoms with Crippen LogP contribution in [0.4, 0.5) is 0 Å². The van der Waals surface area contributed by atoms with Crippen LogP contribution in [0, 0.1) is 5.92 Å². The Morgan fingerprint density at radius 2 is 1.94 bits per heavy atom. The second-order valence-corrected chi connectivity index (χ2v) is 4.61. The molecule has 0 saturated heterocycles. The van der Waals surface area contributed by atoms with Crippen LogP contribution in [0.3, 0.4) is 0 Å². The van der Waals surface area contributed by atoms with Crippen LogP contribution in [0.25, 0.3) is 0 Å². The number of ether oxygens (including phenoxy) is 2. The Balaban J connectivity index is 3.25. The van der Waals surface area contributed by atoms with Crippen molar-refractivity contribution >= 4 is 17.6 Å². The third-order valence-electron chi connectivity index (χ3n) is 2.98. The van der Waals surface area contributed by atoms with Crippen molar-refractivity contribution in [3.63, 3.8) is 0 Å². The van der Waals surface area contributed by atoms with Crippen molar-refractivity contribution in [2.45, 2.75) is 39.3 Å². The maximum atomic E-state index is 11.7. The number of aliphatic imine (C=N–C) groups is 2. The van der Waals surface area contributed by atoms with Crippen LogP contribution in [-0.2, 0) is 14.3 Å². The lowest BCUT2D eigenvalue weighted by Gasteiger charge is -2.31. The number of methoxy groups -OCH3 is 2. The van der Waals surface area contributed by atoms with Gasteiger partial charge >= 0.3 is 0 Å². The molecule has 0 bridgehead atoms. The molecule has 0 aliphatic carbocycles. The standard InChI is InChI=1S/C12H20N2O3/c1-7(2)9-10(16-5)14-12(4,8(3)15)11(13-9)17-6/h7,9H,1-6H3/t9-,12+/m1/s1. The average Bonchev–Trinajstić information content (AvgIpc) is 2.27. The minimum absolute atomic E-state index is 0.116. The lowest BCUT2D eigenvalue weighted by molar-refractivity contribution is -0.119. The second-order valence-electron chi connectivity index (χ2n) is 4.61. The first-order valence-electron chi connectivity index (χ1n) is 5.63. The topological polar surface area (TPSA) is 60.2 Å². The molecule has 0 unspecified atom stereocenters. The molecule has 1 heterocycles. The maximum absolute atomic E-state index is 11.7. The molecule has 0 aromatic rings. The van der Waals surface area contributed by atoms with Gasteiger partial charge in [-0.3, -0.25) is 4.79 Å². The van der Waals surface area contributed by atoms with Crippen molar-refractivity contribution in [1.82, 2.24) is 0 Å². The smallest absolute Gasteiger partial charge is 0.220 e. The van der Waals surface area contributed by atoms with Gasteiger partial charge in [0.25, 0.3) is 0 Å². The minimum Gasteiger partial charge on any atom is -0.483 e. The molecule has 2 atom stereocenters. The van der Waals surface area contributed by atoms with Gasteiger partial charge in [-0.1, -0.05) is 13.8 Å². The first kappa shape index (κ1) is 13.7. The van der Waals surface area contributed by atoms with Crippen LogP contribution in [0.2, 0.25) is 0 Å². The number of nitrogens with zero attached hydrogens (tertiary/aromatic N) is 2. The Labute approximate surface area is 102 Å². The lowest BCUT2D eigenvalue weighted by atomic mass is 9.94. The van der Waals surface area contributed by atoms with Crippen LogP contribution in [-0.4, -0.2) is 43.4 Å². The number of hydrogen-bond donors (Lipinski definition) is 0. The molecule has 0 spiro atoms. The summed E-state index contributed by atoms with van der Waals surface area (Å²) in [5.41, 5.74) is -1.06. The van der Waals surface area contributed by atoms with Gasteiger partial charge < -0.3 is 9.47 Å². The van der Waals surface area contributed by atoms with Gasteiger partial charge in [0, 0.05) is 0 Å². The summed E-state index contributed by atoms with van der Waals surface area (Å²) in [7, 11) is 3.05. The van der Waals surface area contributed by atoms with Crippen molar-refractivity contribution in [3.05, 3.63) is 0 Å². The van der Waals surface area contributed by atoms with Gasteiger partial charge in [0.15, 0.2) is 11.3 Å².